The molecule has 2 aliphatic rings. The first kappa shape index (κ1) is 21.2. The summed E-state index contributed by atoms with van der Waals surface area (Å²) in [7, 11) is 0. The van der Waals surface area contributed by atoms with Gasteiger partial charge in [-0.05, 0) is 43.0 Å². The first-order valence-corrected chi connectivity index (χ1v) is 10.3. The molecule has 4 heterocycles. The number of piperidine rings is 1. The normalized spacial score (nSPS) is 21.9. The molecule has 3 aromatic heterocycles. The van der Waals surface area contributed by atoms with Crippen molar-refractivity contribution in [1.29, 1.82) is 0 Å². The second-order valence-electron chi connectivity index (χ2n) is 8.17. The highest BCUT2D eigenvalue weighted by Crippen LogP contribution is 2.40. The molecular weight excluding hydrogens is 440 g/mol. The SMILES string of the molecule is O=C(c1cccnc1-c1ncc(F)cn1)N1CC2CC(Nc3ccc(C(F)(F)F)cn3)C1C2. The number of fused-ring (bicyclic) bond motifs is 2. The highest BCUT2D eigenvalue weighted by Gasteiger charge is 2.47. The van der Waals surface area contributed by atoms with Gasteiger partial charge in [0.25, 0.3) is 5.91 Å². The Hall–Kier alpha value is -3.63. The summed E-state index contributed by atoms with van der Waals surface area (Å²) in [6.07, 6.45) is 1.46. The lowest BCUT2D eigenvalue weighted by molar-refractivity contribution is -0.137. The van der Waals surface area contributed by atoms with Gasteiger partial charge in [0.15, 0.2) is 11.6 Å². The standard InChI is InChI=1S/C22H18F4N6O/c23-14-9-29-20(30-10-14)19-15(2-1-5-27-19)21(33)32-11-12-6-16(17(32)7-12)31-18-4-3-13(8-28-18)22(24,25)26/h1-5,8-10,12,16-17H,6-7,11H2,(H,28,31). The van der Waals surface area contributed by atoms with Crippen molar-refractivity contribution in [2.75, 3.05) is 11.9 Å². The molecule has 33 heavy (non-hydrogen) atoms. The molecule has 1 amide bonds. The third-order valence-electron chi connectivity index (χ3n) is 6.04. The molecule has 1 N–H and O–H groups in total. The quantitative estimate of drug-likeness (QED) is 0.599. The number of halogens is 4. The van der Waals surface area contributed by atoms with Crippen LogP contribution in [0.15, 0.2) is 49.1 Å². The van der Waals surface area contributed by atoms with Crippen LogP contribution in [0.4, 0.5) is 23.4 Å². The van der Waals surface area contributed by atoms with Crippen molar-refractivity contribution in [3.8, 4) is 11.5 Å². The van der Waals surface area contributed by atoms with E-state index in [1.165, 1.54) is 12.3 Å². The Morgan fingerprint density at radius 2 is 1.82 bits per heavy atom. The lowest BCUT2D eigenvalue weighted by Gasteiger charge is -2.34. The van der Waals surface area contributed by atoms with Gasteiger partial charge in [-0.3, -0.25) is 9.78 Å². The van der Waals surface area contributed by atoms with Crippen molar-refractivity contribution in [1.82, 2.24) is 24.8 Å². The number of nitrogens with one attached hydrogen (secondary N) is 1. The maximum absolute atomic E-state index is 13.4. The molecule has 170 valence electrons. The van der Waals surface area contributed by atoms with Crippen LogP contribution in [-0.4, -0.2) is 49.4 Å². The number of rotatable bonds is 4. The van der Waals surface area contributed by atoms with Crippen LogP contribution in [0.1, 0.15) is 28.8 Å². The molecule has 0 spiro atoms. The first-order chi connectivity index (χ1) is 15.8. The van der Waals surface area contributed by atoms with E-state index in [1.807, 2.05) is 0 Å². The molecule has 2 bridgehead atoms. The molecular formula is C22H18F4N6O. The molecule has 2 fully saturated rings. The van der Waals surface area contributed by atoms with E-state index in [1.54, 1.807) is 17.0 Å². The molecule has 1 saturated heterocycles. The Bertz CT molecular complexity index is 1170. The summed E-state index contributed by atoms with van der Waals surface area (Å²) in [4.78, 5) is 31.2. The summed E-state index contributed by atoms with van der Waals surface area (Å²) >= 11 is 0. The van der Waals surface area contributed by atoms with Gasteiger partial charge in [0.2, 0.25) is 0 Å². The van der Waals surface area contributed by atoms with Gasteiger partial charge in [0.1, 0.15) is 11.5 Å². The van der Waals surface area contributed by atoms with Gasteiger partial charge >= 0.3 is 6.18 Å². The highest BCUT2D eigenvalue weighted by molar-refractivity contribution is 5.99. The second-order valence-corrected chi connectivity index (χ2v) is 8.17. The van der Waals surface area contributed by atoms with Gasteiger partial charge in [0, 0.05) is 25.0 Å². The molecule has 3 atom stereocenters. The Morgan fingerprint density at radius 3 is 2.48 bits per heavy atom. The minimum atomic E-state index is -4.45. The maximum atomic E-state index is 13.4. The number of carbonyl (C=O) groups is 1. The van der Waals surface area contributed by atoms with Crippen LogP contribution in [0.3, 0.4) is 0 Å². The van der Waals surface area contributed by atoms with Gasteiger partial charge in [-0.1, -0.05) is 0 Å². The third kappa shape index (κ3) is 4.10. The smallest absolute Gasteiger partial charge is 0.365 e. The fraction of sp³-hybridized carbons (Fsp3) is 0.318. The molecule has 0 aromatic carbocycles. The summed E-state index contributed by atoms with van der Waals surface area (Å²) in [6, 6.07) is 5.26. The van der Waals surface area contributed by atoms with E-state index in [2.05, 4.69) is 25.3 Å². The van der Waals surface area contributed by atoms with Gasteiger partial charge in [0.05, 0.1) is 29.6 Å². The van der Waals surface area contributed by atoms with Crippen LogP contribution < -0.4 is 5.32 Å². The number of hydrogen-bond acceptors (Lipinski definition) is 6. The van der Waals surface area contributed by atoms with Crippen molar-refractivity contribution in [2.45, 2.75) is 31.1 Å². The topological polar surface area (TPSA) is 83.9 Å². The zero-order chi connectivity index (χ0) is 23.2. The number of aromatic nitrogens is 4. The number of alkyl halides is 3. The minimum absolute atomic E-state index is 0.140. The molecule has 1 aliphatic carbocycles. The predicted molar refractivity (Wildman–Crippen MR) is 109 cm³/mol. The highest BCUT2D eigenvalue weighted by atomic mass is 19.4. The van der Waals surface area contributed by atoms with Crippen LogP contribution in [0.2, 0.25) is 0 Å². The Labute approximate surface area is 185 Å². The summed E-state index contributed by atoms with van der Waals surface area (Å²) in [6.45, 7) is 0.570. The zero-order valence-electron chi connectivity index (χ0n) is 17.1. The van der Waals surface area contributed by atoms with Crippen LogP contribution in [0, 0.1) is 11.7 Å². The number of likely N-dealkylation sites (tertiary alicyclic amines) is 1. The van der Waals surface area contributed by atoms with Gasteiger partial charge < -0.3 is 10.2 Å². The average molecular weight is 458 g/mol. The minimum Gasteiger partial charge on any atom is -0.365 e. The van der Waals surface area contributed by atoms with Crippen LogP contribution in [0.5, 0.6) is 0 Å². The molecule has 3 aromatic rings. The van der Waals surface area contributed by atoms with Crippen LogP contribution in [0.25, 0.3) is 11.5 Å². The van der Waals surface area contributed by atoms with Crippen molar-refractivity contribution in [3.05, 3.63) is 66.0 Å². The Kier molecular flexibility index (Phi) is 5.18. The number of hydrogen-bond donors (Lipinski definition) is 1. The van der Waals surface area contributed by atoms with E-state index in [4.69, 9.17) is 0 Å². The largest absolute Gasteiger partial charge is 0.417 e. The van der Waals surface area contributed by atoms with E-state index >= 15 is 0 Å². The molecule has 7 nitrogen and oxygen atoms in total. The Balaban J connectivity index is 1.35. The molecule has 11 heteroatoms. The van der Waals surface area contributed by atoms with E-state index < -0.39 is 17.6 Å². The molecule has 1 aliphatic heterocycles. The van der Waals surface area contributed by atoms with Crippen molar-refractivity contribution >= 4 is 11.7 Å². The first-order valence-electron chi connectivity index (χ1n) is 10.3. The van der Waals surface area contributed by atoms with Crippen LogP contribution >= 0.6 is 0 Å². The molecule has 1 saturated carbocycles. The fourth-order valence-electron chi connectivity index (χ4n) is 4.60. The van der Waals surface area contributed by atoms with Crippen molar-refractivity contribution < 1.29 is 22.4 Å². The number of nitrogens with zero attached hydrogens (tertiary/aromatic N) is 5. The number of carbonyl (C=O) groups excluding carboxylic acids is 1. The van der Waals surface area contributed by atoms with Gasteiger partial charge in [-0.2, -0.15) is 13.2 Å². The van der Waals surface area contributed by atoms with Gasteiger partial charge in [-0.25, -0.2) is 19.3 Å². The number of pyridine rings is 2. The number of anilines is 1. The summed E-state index contributed by atoms with van der Waals surface area (Å²) in [5.74, 6) is -0.0910. The van der Waals surface area contributed by atoms with E-state index in [-0.39, 0.29) is 35.4 Å². The van der Waals surface area contributed by atoms with E-state index in [0.29, 0.717) is 17.9 Å². The predicted octanol–water partition coefficient (Wildman–Crippen LogP) is 3.81. The molecule has 0 radical (unpaired) electrons. The molecule has 3 unspecified atom stereocenters. The number of amides is 1. The summed E-state index contributed by atoms with van der Waals surface area (Å²) in [5.41, 5.74) is -0.243. The fourth-order valence-corrected chi connectivity index (χ4v) is 4.60. The molecule has 5 rings (SSSR count). The third-order valence-corrected chi connectivity index (χ3v) is 6.04. The van der Waals surface area contributed by atoms with Gasteiger partial charge in [-0.15, -0.1) is 0 Å². The van der Waals surface area contributed by atoms with Crippen molar-refractivity contribution in [2.24, 2.45) is 5.92 Å². The summed E-state index contributed by atoms with van der Waals surface area (Å²) in [5, 5.41) is 3.19. The lowest BCUT2D eigenvalue weighted by atomic mass is 10.0. The monoisotopic (exact) mass is 458 g/mol. The van der Waals surface area contributed by atoms with Crippen LogP contribution in [-0.2, 0) is 6.18 Å². The lowest BCUT2D eigenvalue weighted by Crippen LogP contribution is -2.48. The van der Waals surface area contributed by atoms with Crippen molar-refractivity contribution in [3.63, 3.8) is 0 Å². The zero-order valence-corrected chi connectivity index (χ0v) is 17.1. The second kappa shape index (κ2) is 8.05. The van der Waals surface area contributed by atoms with E-state index in [9.17, 15) is 22.4 Å². The maximum Gasteiger partial charge on any atom is 0.417 e. The van der Waals surface area contributed by atoms with E-state index in [0.717, 1.165) is 37.5 Å². The average Bonchev–Trinajstić information content (AvgIpc) is 3.40. The Morgan fingerprint density at radius 1 is 1.03 bits per heavy atom. The summed E-state index contributed by atoms with van der Waals surface area (Å²) < 4.78 is 51.6.